The van der Waals surface area contributed by atoms with E-state index in [0.717, 1.165) is 17.4 Å². The van der Waals surface area contributed by atoms with E-state index in [-0.39, 0.29) is 12.6 Å². The summed E-state index contributed by atoms with van der Waals surface area (Å²) in [6.07, 6.45) is 0.922. The summed E-state index contributed by atoms with van der Waals surface area (Å²) in [5, 5.41) is 12.3. The number of rotatable bonds is 1. The molecule has 3 heteroatoms. The van der Waals surface area contributed by atoms with Gasteiger partial charge in [0.15, 0.2) is 0 Å². The van der Waals surface area contributed by atoms with Gasteiger partial charge >= 0.3 is 0 Å². The van der Waals surface area contributed by atoms with Crippen molar-refractivity contribution in [3.63, 3.8) is 0 Å². The van der Waals surface area contributed by atoms with Gasteiger partial charge in [-0.1, -0.05) is 28.1 Å². The fourth-order valence-corrected chi connectivity index (χ4v) is 2.25. The zero-order valence-electron chi connectivity index (χ0n) is 7.26. The average Bonchev–Trinajstić information content (AvgIpc) is 2.18. The van der Waals surface area contributed by atoms with Crippen molar-refractivity contribution >= 4 is 15.9 Å². The lowest BCUT2D eigenvalue weighted by Gasteiger charge is -2.25. The van der Waals surface area contributed by atoms with E-state index in [1.165, 1.54) is 11.1 Å². The molecule has 0 bridgehead atoms. The topological polar surface area (TPSA) is 32.3 Å². The molecule has 0 radical (unpaired) electrons. The monoisotopic (exact) mass is 241 g/mol. The van der Waals surface area contributed by atoms with Gasteiger partial charge in [0.05, 0.1) is 6.61 Å². The predicted octanol–water partition coefficient (Wildman–Crippen LogP) is 1.46. The van der Waals surface area contributed by atoms with E-state index in [1.807, 2.05) is 6.07 Å². The first kappa shape index (κ1) is 9.19. The molecular formula is C10H12BrNO. The molecule has 0 spiro atoms. The molecule has 13 heavy (non-hydrogen) atoms. The number of aliphatic hydroxyl groups excluding tert-OH is 1. The number of hydrogen-bond donors (Lipinski definition) is 2. The largest absolute Gasteiger partial charge is 0.395 e. The summed E-state index contributed by atoms with van der Waals surface area (Å²) in [7, 11) is 0. The molecule has 0 fully saturated rings. The summed E-state index contributed by atoms with van der Waals surface area (Å²) in [6, 6.07) is 6.45. The molecule has 0 saturated carbocycles. The molecule has 2 rings (SSSR count). The van der Waals surface area contributed by atoms with Crippen molar-refractivity contribution in [3.8, 4) is 0 Å². The van der Waals surface area contributed by atoms with Crippen molar-refractivity contribution in [2.24, 2.45) is 0 Å². The van der Waals surface area contributed by atoms with Gasteiger partial charge in [0.2, 0.25) is 0 Å². The van der Waals surface area contributed by atoms with Gasteiger partial charge < -0.3 is 10.4 Å². The maximum atomic E-state index is 9.01. The molecular weight excluding hydrogens is 230 g/mol. The molecule has 0 amide bonds. The van der Waals surface area contributed by atoms with Crippen LogP contribution >= 0.6 is 15.9 Å². The number of benzene rings is 1. The molecule has 1 aliphatic rings. The normalized spacial score (nSPS) is 21.2. The van der Waals surface area contributed by atoms with Crippen LogP contribution in [0, 0.1) is 0 Å². The molecule has 1 aromatic rings. The fourth-order valence-electron chi connectivity index (χ4n) is 1.71. The first-order valence-electron chi connectivity index (χ1n) is 4.42. The zero-order chi connectivity index (χ0) is 9.26. The minimum atomic E-state index is 0.214. The van der Waals surface area contributed by atoms with E-state index in [4.69, 9.17) is 5.11 Å². The van der Waals surface area contributed by atoms with E-state index >= 15 is 0 Å². The van der Waals surface area contributed by atoms with Crippen LogP contribution in [0.3, 0.4) is 0 Å². The van der Waals surface area contributed by atoms with Crippen LogP contribution < -0.4 is 5.32 Å². The SMILES string of the molecule is OCC1Cc2cccc(Br)c2CN1. The summed E-state index contributed by atoms with van der Waals surface area (Å²) in [6.45, 7) is 1.06. The molecule has 1 heterocycles. The quantitative estimate of drug-likeness (QED) is 0.781. The summed E-state index contributed by atoms with van der Waals surface area (Å²) < 4.78 is 1.16. The summed E-state index contributed by atoms with van der Waals surface area (Å²) in [4.78, 5) is 0. The van der Waals surface area contributed by atoms with Crippen molar-refractivity contribution in [3.05, 3.63) is 33.8 Å². The Bertz CT molecular complexity index is 314. The van der Waals surface area contributed by atoms with Crippen molar-refractivity contribution in [2.45, 2.75) is 19.0 Å². The number of fused-ring (bicyclic) bond motifs is 1. The molecule has 0 aromatic heterocycles. The summed E-state index contributed by atoms with van der Waals surface area (Å²) >= 11 is 3.52. The second-order valence-electron chi connectivity index (χ2n) is 3.34. The Balaban J connectivity index is 2.31. The lowest BCUT2D eigenvalue weighted by molar-refractivity contribution is 0.235. The molecule has 1 aromatic carbocycles. The summed E-state index contributed by atoms with van der Waals surface area (Å²) in [5.74, 6) is 0. The number of halogens is 1. The van der Waals surface area contributed by atoms with Crippen LogP contribution in [0.4, 0.5) is 0 Å². The van der Waals surface area contributed by atoms with Crippen LogP contribution in [-0.4, -0.2) is 17.8 Å². The van der Waals surface area contributed by atoms with Gasteiger partial charge in [-0.15, -0.1) is 0 Å². The third-order valence-electron chi connectivity index (χ3n) is 2.47. The van der Waals surface area contributed by atoms with E-state index in [2.05, 4.69) is 33.4 Å². The Morgan fingerprint density at radius 3 is 3.15 bits per heavy atom. The second-order valence-corrected chi connectivity index (χ2v) is 4.20. The van der Waals surface area contributed by atoms with Crippen molar-refractivity contribution < 1.29 is 5.11 Å². The molecule has 0 aliphatic carbocycles. The molecule has 1 atom stereocenters. The maximum absolute atomic E-state index is 9.01. The lowest BCUT2D eigenvalue weighted by atomic mass is 9.96. The van der Waals surface area contributed by atoms with Gasteiger partial charge in [-0.2, -0.15) is 0 Å². The lowest BCUT2D eigenvalue weighted by Crippen LogP contribution is -2.38. The van der Waals surface area contributed by atoms with Crippen molar-refractivity contribution in [1.82, 2.24) is 5.32 Å². The van der Waals surface area contributed by atoms with E-state index in [1.54, 1.807) is 0 Å². The van der Waals surface area contributed by atoms with Crippen molar-refractivity contribution in [1.29, 1.82) is 0 Å². The molecule has 1 unspecified atom stereocenters. The maximum Gasteiger partial charge on any atom is 0.0587 e. The van der Waals surface area contributed by atoms with E-state index in [9.17, 15) is 0 Å². The first-order chi connectivity index (χ1) is 6.31. The number of aliphatic hydroxyl groups is 1. The number of nitrogens with one attached hydrogen (secondary N) is 1. The van der Waals surface area contributed by atoms with Crippen LogP contribution in [0.1, 0.15) is 11.1 Å². The highest BCUT2D eigenvalue weighted by atomic mass is 79.9. The van der Waals surface area contributed by atoms with Gasteiger partial charge in [-0.3, -0.25) is 0 Å². The fraction of sp³-hybridized carbons (Fsp3) is 0.400. The standard InChI is InChI=1S/C10H12BrNO/c11-10-3-1-2-7-4-8(6-13)12-5-9(7)10/h1-3,8,12-13H,4-6H2. The van der Waals surface area contributed by atoms with Gasteiger partial charge in [0.25, 0.3) is 0 Å². The molecule has 1 aliphatic heterocycles. The third-order valence-corrected chi connectivity index (χ3v) is 3.21. The summed E-state index contributed by atoms with van der Waals surface area (Å²) in [5.41, 5.74) is 2.67. The van der Waals surface area contributed by atoms with E-state index in [0.29, 0.717) is 0 Å². The molecule has 70 valence electrons. The minimum Gasteiger partial charge on any atom is -0.395 e. The predicted molar refractivity (Wildman–Crippen MR) is 55.6 cm³/mol. The van der Waals surface area contributed by atoms with Gasteiger partial charge in [-0.05, 0) is 23.6 Å². The zero-order valence-corrected chi connectivity index (χ0v) is 8.84. The van der Waals surface area contributed by atoms with Crippen LogP contribution in [0.5, 0.6) is 0 Å². The van der Waals surface area contributed by atoms with Crippen LogP contribution in [0.2, 0.25) is 0 Å². The van der Waals surface area contributed by atoms with Gasteiger partial charge in [0, 0.05) is 17.1 Å². The molecule has 0 saturated heterocycles. The number of hydrogen-bond acceptors (Lipinski definition) is 2. The van der Waals surface area contributed by atoms with Gasteiger partial charge in [0.1, 0.15) is 0 Å². The highest BCUT2D eigenvalue weighted by molar-refractivity contribution is 9.10. The second kappa shape index (κ2) is 3.78. The van der Waals surface area contributed by atoms with Gasteiger partial charge in [-0.25, -0.2) is 0 Å². The average molecular weight is 242 g/mol. The van der Waals surface area contributed by atoms with Crippen LogP contribution in [0.25, 0.3) is 0 Å². The van der Waals surface area contributed by atoms with Crippen LogP contribution in [0.15, 0.2) is 22.7 Å². The third kappa shape index (κ3) is 1.77. The molecule has 2 nitrogen and oxygen atoms in total. The van der Waals surface area contributed by atoms with E-state index < -0.39 is 0 Å². The smallest absolute Gasteiger partial charge is 0.0587 e. The highest BCUT2D eigenvalue weighted by Gasteiger charge is 2.18. The Hall–Kier alpha value is -0.380. The van der Waals surface area contributed by atoms with Crippen molar-refractivity contribution in [2.75, 3.05) is 6.61 Å². The Kier molecular flexibility index (Phi) is 2.67. The Morgan fingerprint density at radius 1 is 1.54 bits per heavy atom. The minimum absolute atomic E-state index is 0.214. The molecule has 2 N–H and O–H groups in total. The first-order valence-corrected chi connectivity index (χ1v) is 5.21. The van der Waals surface area contributed by atoms with Crippen LogP contribution in [-0.2, 0) is 13.0 Å². The Morgan fingerprint density at radius 2 is 2.38 bits per heavy atom. The Labute approximate surface area is 86.1 Å². The highest BCUT2D eigenvalue weighted by Crippen LogP contribution is 2.24.